The number of rotatable bonds is 5. The Morgan fingerprint density at radius 2 is 1.92 bits per heavy atom. The van der Waals surface area contributed by atoms with Crippen molar-refractivity contribution in [3.63, 3.8) is 0 Å². The van der Waals surface area contributed by atoms with Crippen molar-refractivity contribution in [1.82, 2.24) is 14.7 Å². The number of nitrogens with zero attached hydrogens (tertiary/aromatic N) is 3. The minimum absolute atomic E-state index is 0.101. The molecule has 138 valence electrons. The van der Waals surface area contributed by atoms with Crippen LogP contribution in [0.4, 0.5) is 0 Å². The monoisotopic (exact) mass is 371 g/mol. The van der Waals surface area contributed by atoms with Crippen molar-refractivity contribution in [3.05, 3.63) is 50.6 Å². The molecule has 1 N–H and O–H groups in total. The van der Waals surface area contributed by atoms with Gasteiger partial charge in [0.25, 0.3) is 5.56 Å². The van der Waals surface area contributed by atoms with E-state index in [-0.39, 0.29) is 5.56 Å². The van der Waals surface area contributed by atoms with Gasteiger partial charge in [-0.3, -0.25) is 9.69 Å². The molecule has 2 atom stereocenters. The average Bonchev–Trinajstić information content (AvgIpc) is 3.28. The molecule has 1 saturated carbocycles. The molecule has 2 saturated heterocycles. The van der Waals surface area contributed by atoms with E-state index in [0.717, 1.165) is 50.8 Å². The highest BCUT2D eigenvalue weighted by Gasteiger charge is 2.47. The first-order chi connectivity index (χ1) is 12.6. The van der Waals surface area contributed by atoms with Crippen molar-refractivity contribution in [2.24, 2.45) is 0 Å². The van der Waals surface area contributed by atoms with Crippen molar-refractivity contribution in [3.8, 4) is 0 Å². The molecule has 6 heteroatoms. The maximum Gasteiger partial charge on any atom is 0.266 e. The number of hydrogen-bond acceptors (Lipinski definition) is 5. The fourth-order valence-electron chi connectivity index (χ4n) is 4.85. The van der Waals surface area contributed by atoms with Gasteiger partial charge in [0.05, 0.1) is 17.8 Å². The van der Waals surface area contributed by atoms with Crippen LogP contribution in [0.5, 0.6) is 0 Å². The van der Waals surface area contributed by atoms with E-state index in [1.54, 1.807) is 17.4 Å². The van der Waals surface area contributed by atoms with Crippen LogP contribution in [0.15, 0.2) is 33.8 Å². The topological polar surface area (TPSA) is 58.4 Å². The molecule has 3 fully saturated rings. The number of aliphatic hydroxyl groups is 1. The molecule has 3 aliphatic rings. The molecule has 2 unspecified atom stereocenters. The smallest absolute Gasteiger partial charge is 0.266 e. The molecule has 26 heavy (non-hydrogen) atoms. The average molecular weight is 372 g/mol. The van der Waals surface area contributed by atoms with E-state index >= 15 is 0 Å². The molecular weight excluding hydrogens is 346 g/mol. The van der Waals surface area contributed by atoms with Gasteiger partial charge in [0, 0.05) is 30.6 Å². The Hall–Kier alpha value is -1.50. The van der Waals surface area contributed by atoms with Crippen LogP contribution in [0, 0.1) is 0 Å². The molecule has 2 aromatic heterocycles. The largest absolute Gasteiger partial charge is 0.388 e. The van der Waals surface area contributed by atoms with Gasteiger partial charge in [-0.2, -0.15) is 16.4 Å². The summed E-state index contributed by atoms with van der Waals surface area (Å²) >= 11 is 1.74. The van der Waals surface area contributed by atoms with Gasteiger partial charge in [-0.15, -0.1) is 0 Å². The van der Waals surface area contributed by atoms with Crippen LogP contribution in [0.25, 0.3) is 0 Å². The van der Waals surface area contributed by atoms with Gasteiger partial charge in [-0.25, -0.2) is 4.68 Å². The van der Waals surface area contributed by atoms with Gasteiger partial charge in [0.15, 0.2) is 0 Å². The number of fused-ring (bicyclic) bond motifs is 2. The highest BCUT2D eigenvalue weighted by atomic mass is 32.1. The van der Waals surface area contributed by atoms with Crippen LogP contribution in [0.1, 0.15) is 55.7 Å². The second-order valence-corrected chi connectivity index (χ2v) is 9.13. The second kappa shape index (κ2) is 6.29. The zero-order valence-corrected chi connectivity index (χ0v) is 15.7. The zero-order chi connectivity index (χ0) is 17.7. The molecule has 2 bridgehead atoms. The van der Waals surface area contributed by atoms with Crippen LogP contribution in [-0.4, -0.2) is 37.5 Å². The molecule has 0 radical (unpaired) electrons. The van der Waals surface area contributed by atoms with Gasteiger partial charge in [-0.05, 0) is 67.0 Å². The van der Waals surface area contributed by atoms with Gasteiger partial charge in [0.2, 0.25) is 0 Å². The number of aromatic nitrogens is 2. The standard InChI is InChI=1S/C20H25N3O2S/c24-19-6-5-18(15-1-2-15)21-23(19)13-20(25)9-16-3-4-17(10-20)22(16)11-14-7-8-26-12-14/h5-8,12,15-17,25H,1-4,9-11,13H2. The third-order valence-corrected chi connectivity index (χ3v) is 7.01. The van der Waals surface area contributed by atoms with E-state index in [9.17, 15) is 9.90 Å². The number of thiophene rings is 1. The van der Waals surface area contributed by atoms with E-state index in [1.807, 2.05) is 6.07 Å². The summed E-state index contributed by atoms with van der Waals surface area (Å²) in [6.07, 6.45) is 6.07. The summed E-state index contributed by atoms with van der Waals surface area (Å²) in [4.78, 5) is 14.8. The predicted molar refractivity (Wildman–Crippen MR) is 101 cm³/mol. The van der Waals surface area contributed by atoms with Gasteiger partial charge in [-0.1, -0.05) is 0 Å². The predicted octanol–water partition coefficient (Wildman–Crippen LogP) is 2.74. The first-order valence-electron chi connectivity index (χ1n) is 9.67. The quantitative estimate of drug-likeness (QED) is 0.878. The van der Waals surface area contributed by atoms with Crippen LogP contribution < -0.4 is 5.56 Å². The third kappa shape index (κ3) is 3.15. The van der Waals surface area contributed by atoms with E-state index in [2.05, 4.69) is 26.8 Å². The fraction of sp³-hybridized carbons (Fsp3) is 0.600. The summed E-state index contributed by atoms with van der Waals surface area (Å²) < 4.78 is 1.52. The second-order valence-electron chi connectivity index (χ2n) is 8.35. The Balaban J connectivity index is 1.33. The van der Waals surface area contributed by atoms with Gasteiger partial charge in [0.1, 0.15) is 0 Å². The Kier molecular flexibility index (Phi) is 4.03. The Morgan fingerprint density at radius 1 is 1.15 bits per heavy atom. The maximum atomic E-state index is 12.3. The van der Waals surface area contributed by atoms with Crippen LogP contribution in [-0.2, 0) is 13.1 Å². The van der Waals surface area contributed by atoms with Crippen LogP contribution >= 0.6 is 11.3 Å². The molecule has 0 aromatic carbocycles. The van der Waals surface area contributed by atoms with E-state index in [4.69, 9.17) is 0 Å². The lowest BCUT2D eigenvalue weighted by molar-refractivity contribution is -0.0677. The highest BCUT2D eigenvalue weighted by molar-refractivity contribution is 7.07. The van der Waals surface area contributed by atoms with Crippen molar-refractivity contribution in [1.29, 1.82) is 0 Å². The molecule has 2 aliphatic heterocycles. The fourth-order valence-corrected chi connectivity index (χ4v) is 5.51. The third-order valence-electron chi connectivity index (χ3n) is 6.27. The molecular formula is C20H25N3O2S. The molecule has 4 heterocycles. The van der Waals surface area contributed by atoms with Crippen molar-refractivity contribution < 1.29 is 5.11 Å². The summed E-state index contributed by atoms with van der Waals surface area (Å²) in [6, 6.07) is 6.47. The molecule has 1 aliphatic carbocycles. The van der Waals surface area contributed by atoms with Crippen LogP contribution in [0.3, 0.4) is 0 Å². The lowest BCUT2D eigenvalue weighted by Crippen LogP contribution is -2.53. The minimum Gasteiger partial charge on any atom is -0.388 e. The summed E-state index contributed by atoms with van der Waals surface area (Å²) in [5, 5.41) is 20.2. The first kappa shape index (κ1) is 16.7. The van der Waals surface area contributed by atoms with E-state index < -0.39 is 5.60 Å². The summed E-state index contributed by atoms with van der Waals surface area (Å²) in [5.74, 6) is 0.514. The molecule has 0 amide bonds. The van der Waals surface area contributed by atoms with Crippen molar-refractivity contribution >= 4 is 11.3 Å². The summed E-state index contributed by atoms with van der Waals surface area (Å²) in [6.45, 7) is 1.30. The normalized spacial score (nSPS) is 31.4. The molecule has 5 rings (SSSR count). The highest BCUT2D eigenvalue weighted by Crippen LogP contribution is 2.42. The lowest BCUT2D eigenvalue weighted by atomic mass is 9.85. The lowest BCUT2D eigenvalue weighted by Gasteiger charge is -2.43. The molecule has 5 nitrogen and oxygen atoms in total. The maximum absolute atomic E-state index is 12.3. The first-order valence-corrected chi connectivity index (χ1v) is 10.6. The Morgan fingerprint density at radius 3 is 2.58 bits per heavy atom. The van der Waals surface area contributed by atoms with E-state index in [1.165, 1.54) is 10.2 Å². The summed E-state index contributed by atoms with van der Waals surface area (Å²) in [5.41, 5.74) is 1.45. The van der Waals surface area contributed by atoms with Gasteiger partial charge >= 0.3 is 0 Å². The zero-order valence-electron chi connectivity index (χ0n) is 14.9. The van der Waals surface area contributed by atoms with E-state index in [0.29, 0.717) is 24.5 Å². The Bertz CT molecular complexity index is 829. The summed E-state index contributed by atoms with van der Waals surface area (Å²) in [7, 11) is 0. The Labute approximate surface area is 157 Å². The molecule has 2 aromatic rings. The van der Waals surface area contributed by atoms with Crippen molar-refractivity contribution in [2.45, 2.75) is 75.2 Å². The SMILES string of the molecule is O=c1ccc(C2CC2)nn1CC1(O)CC2CCC(C1)N2Cc1ccsc1. The number of hydrogen-bond donors (Lipinski definition) is 1. The molecule has 0 spiro atoms. The van der Waals surface area contributed by atoms with Crippen molar-refractivity contribution in [2.75, 3.05) is 0 Å². The minimum atomic E-state index is -0.823. The van der Waals surface area contributed by atoms with Gasteiger partial charge < -0.3 is 5.11 Å². The van der Waals surface area contributed by atoms with Crippen LogP contribution in [0.2, 0.25) is 0 Å². The number of piperidine rings is 1.